The quantitative estimate of drug-likeness (QED) is 0.643. The van der Waals surface area contributed by atoms with E-state index in [2.05, 4.69) is 4.74 Å². The molecular weight excluding hydrogens is 372 g/mol. The van der Waals surface area contributed by atoms with Gasteiger partial charge >= 0.3 is 6.61 Å². The van der Waals surface area contributed by atoms with Gasteiger partial charge in [-0.05, 0) is 29.8 Å². The summed E-state index contributed by atoms with van der Waals surface area (Å²) in [6.45, 7) is -2.83. The van der Waals surface area contributed by atoms with E-state index < -0.39 is 12.5 Å². The summed E-state index contributed by atoms with van der Waals surface area (Å²) in [6.07, 6.45) is 0. The Balaban J connectivity index is 1.82. The lowest BCUT2D eigenvalue weighted by atomic mass is 10.1. The molecule has 146 valence electrons. The predicted octanol–water partition coefficient (Wildman–Crippen LogP) is 3.68. The van der Waals surface area contributed by atoms with Crippen LogP contribution in [-0.4, -0.2) is 31.6 Å². The maximum atomic E-state index is 12.6. The van der Waals surface area contributed by atoms with Gasteiger partial charge in [0.2, 0.25) is 0 Å². The number of nitrogens with zero attached hydrogens (tertiary/aromatic N) is 1. The SMILES string of the molecule is COc1cc(CN(C)C(=O)c2cc(=O)c3ccccc3o2)ccc1OC(F)F. The average molecular weight is 389 g/mol. The molecule has 1 heterocycles. The van der Waals surface area contributed by atoms with Crippen molar-refractivity contribution >= 4 is 16.9 Å². The Kier molecular flexibility index (Phi) is 5.58. The Morgan fingerprint density at radius 1 is 1.14 bits per heavy atom. The first-order valence-corrected chi connectivity index (χ1v) is 8.29. The van der Waals surface area contributed by atoms with Crippen molar-refractivity contribution in [2.75, 3.05) is 14.2 Å². The molecule has 0 bridgehead atoms. The lowest BCUT2D eigenvalue weighted by Crippen LogP contribution is -2.27. The fourth-order valence-electron chi connectivity index (χ4n) is 2.75. The van der Waals surface area contributed by atoms with Crippen molar-refractivity contribution in [2.45, 2.75) is 13.2 Å². The van der Waals surface area contributed by atoms with Gasteiger partial charge in [-0.1, -0.05) is 18.2 Å². The summed E-state index contributed by atoms with van der Waals surface area (Å²) in [5.74, 6) is -0.558. The van der Waals surface area contributed by atoms with Crippen LogP contribution in [-0.2, 0) is 6.54 Å². The summed E-state index contributed by atoms with van der Waals surface area (Å²) in [6, 6.07) is 12.2. The van der Waals surface area contributed by atoms with Crippen LogP contribution in [0.3, 0.4) is 0 Å². The molecule has 3 aromatic rings. The highest BCUT2D eigenvalue weighted by atomic mass is 19.3. The topological polar surface area (TPSA) is 69.0 Å². The van der Waals surface area contributed by atoms with Crippen LogP contribution in [0.2, 0.25) is 0 Å². The maximum absolute atomic E-state index is 12.6. The van der Waals surface area contributed by atoms with Crippen molar-refractivity contribution in [1.82, 2.24) is 4.90 Å². The zero-order valence-corrected chi connectivity index (χ0v) is 15.1. The van der Waals surface area contributed by atoms with Gasteiger partial charge in [-0.2, -0.15) is 8.78 Å². The number of rotatable bonds is 6. The molecule has 0 fully saturated rings. The maximum Gasteiger partial charge on any atom is 0.387 e. The van der Waals surface area contributed by atoms with Crippen molar-refractivity contribution in [3.05, 3.63) is 70.1 Å². The van der Waals surface area contributed by atoms with Crippen LogP contribution in [0.4, 0.5) is 8.78 Å². The highest BCUT2D eigenvalue weighted by Gasteiger charge is 2.18. The minimum absolute atomic E-state index is 0.0872. The van der Waals surface area contributed by atoms with Gasteiger partial charge in [0.05, 0.1) is 12.5 Å². The summed E-state index contributed by atoms with van der Waals surface area (Å²) in [5.41, 5.74) is 0.633. The highest BCUT2D eigenvalue weighted by molar-refractivity contribution is 5.93. The number of carbonyl (C=O) groups is 1. The Bertz CT molecular complexity index is 1060. The van der Waals surface area contributed by atoms with Crippen LogP contribution in [0.25, 0.3) is 11.0 Å². The minimum Gasteiger partial charge on any atom is -0.493 e. The molecule has 0 aliphatic rings. The van der Waals surface area contributed by atoms with Gasteiger partial charge in [0.25, 0.3) is 5.91 Å². The van der Waals surface area contributed by atoms with E-state index in [0.717, 1.165) is 6.07 Å². The molecule has 8 heteroatoms. The lowest BCUT2D eigenvalue weighted by molar-refractivity contribution is -0.0512. The molecule has 0 spiro atoms. The first-order chi connectivity index (χ1) is 13.4. The highest BCUT2D eigenvalue weighted by Crippen LogP contribution is 2.30. The number of benzene rings is 2. The monoisotopic (exact) mass is 389 g/mol. The van der Waals surface area contributed by atoms with E-state index in [1.54, 1.807) is 30.3 Å². The average Bonchev–Trinajstić information content (AvgIpc) is 2.68. The fourth-order valence-corrected chi connectivity index (χ4v) is 2.75. The third kappa shape index (κ3) is 4.11. The molecule has 0 N–H and O–H groups in total. The van der Waals surface area contributed by atoms with E-state index in [0.29, 0.717) is 16.5 Å². The first-order valence-electron chi connectivity index (χ1n) is 8.29. The molecule has 0 saturated carbocycles. The fraction of sp³-hybridized carbons (Fsp3) is 0.200. The van der Waals surface area contributed by atoms with E-state index in [1.165, 1.54) is 31.2 Å². The summed E-state index contributed by atoms with van der Waals surface area (Å²) in [4.78, 5) is 26.2. The van der Waals surface area contributed by atoms with Gasteiger partial charge < -0.3 is 18.8 Å². The molecule has 1 amide bonds. The van der Waals surface area contributed by atoms with Gasteiger partial charge in [-0.3, -0.25) is 9.59 Å². The lowest BCUT2D eigenvalue weighted by Gasteiger charge is -2.18. The molecule has 28 heavy (non-hydrogen) atoms. The second-order valence-electron chi connectivity index (χ2n) is 6.00. The third-order valence-corrected chi connectivity index (χ3v) is 4.06. The van der Waals surface area contributed by atoms with E-state index in [9.17, 15) is 18.4 Å². The predicted molar refractivity (Wildman–Crippen MR) is 97.9 cm³/mol. The number of hydrogen-bond donors (Lipinski definition) is 0. The molecule has 6 nitrogen and oxygen atoms in total. The molecular formula is C20H17F2NO5. The van der Waals surface area contributed by atoms with Crippen molar-refractivity contribution < 1.29 is 27.5 Å². The second-order valence-corrected chi connectivity index (χ2v) is 6.00. The number of halogens is 2. The molecule has 0 aliphatic heterocycles. The van der Waals surface area contributed by atoms with Gasteiger partial charge in [0, 0.05) is 19.7 Å². The second kappa shape index (κ2) is 8.08. The van der Waals surface area contributed by atoms with E-state index in [-0.39, 0.29) is 29.2 Å². The van der Waals surface area contributed by atoms with Crippen LogP contribution in [0, 0.1) is 0 Å². The van der Waals surface area contributed by atoms with Crippen molar-refractivity contribution in [3.63, 3.8) is 0 Å². The summed E-state index contributed by atoms with van der Waals surface area (Å²) in [5, 5.41) is 0.390. The van der Waals surface area contributed by atoms with Gasteiger partial charge in [0.1, 0.15) is 5.58 Å². The summed E-state index contributed by atoms with van der Waals surface area (Å²) in [7, 11) is 2.86. The third-order valence-electron chi connectivity index (χ3n) is 4.06. The smallest absolute Gasteiger partial charge is 0.387 e. The normalized spacial score (nSPS) is 10.9. The number of carbonyl (C=O) groups excluding carboxylic acids is 1. The molecule has 3 rings (SSSR count). The van der Waals surface area contributed by atoms with Gasteiger partial charge in [-0.25, -0.2) is 0 Å². The molecule has 0 atom stereocenters. The number of alkyl halides is 2. The Morgan fingerprint density at radius 2 is 1.89 bits per heavy atom. The standard InChI is InChI=1S/C20H17F2NO5/c1-23(11-12-7-8-16(28-20(21)22)17(9-12)26-2)19(25)18-10-14(24)13-5-3-4-6-15(13)27-18/h3-10,20H,11H2,1-2H3. The molecule has 0 aliphatic carbocycles. The molecule has 0 unspecified atom stereocenters. The number of fused-ring (bicyclic) bond motifs is 1. The molecule has 1 aromatic heterocycles. The van der Waals surface area contributed by atoms with E-state index in [1.807, 2.05) is 0 Å². The van der Waals surface area contributed by atoms with Gasteiger partial charge in [0.15, 0.2) is 22.7 Å². The van der Waals surface area contributed by atoms with Crippen molar-refractivity contribution in [1.29, 1.82) is 0 Å². The number of ether oxygens (including phenoxy) is 2. The van der Waals surface area contributed by atoms with Crippen LogP contribution in [0.15, 0.2) is 57.7 Å². The number of methoxy groups -OCH3 is 1. The van der Waals surface area contributed by atoms with Crippen LogP contribution in [0.1, 0.15) is 16.1 Å². The van der Waals surface area contributed by atoms with Crippen molar-refractivity contribution in [2.24, 2.45) is 0 Å². The number of hydrogen-bond acceptors (Lipinski definition) is 5. The summed E-state index contributed by atoms with van der Waals surface area (Å²) >= 11 is 0. The Labute approximate surface area is 158 Å². The van der Waals surface area contributed by atoms with E-state index in [4.69, 9.17) is 9.15 Å². The molecule has 2 aromatic carbocycles. The first kappa shape index (κ1) is 19.3. The molecule has 0 saturated heterocycles. The molecule has 0 radical (unpaired) electrons. The number of amides is 1. The Morgan fingerprint density at radius 3 is 2.61 bits per heavy atom. The van der Waals surface area contributed by atoms with Gasteiger partial charge in [-0.15, -0.1) is 0 Å². The van der Waals surface area contributed by atoms with Crippen molar-refractivity contribution in [3.8, 4) is 11.5 Å². The van der Waals surface area contributed by atoms with Crippen LogP contribution >= 0.6 is 0 Å². The number of para-hydroxylation sites is 1. The minimum atomic E-state index is -2.97. The summed E-state index contributed by atoms with van der Waals surface area (Å²) < 4.78 is 39.8. The zero-order valence-electron chi connectivity index (χ0n) is 15.1. The zero-order chi connectivity index (χ0) is 20.3. The van der Waals surface area contributed by atoms with Crippen LogP contribution < -0.4 is 14.9 Å². The van der Waals surface area contributed by atoms with Crippen LogP contribution in [0.5, 0.6) is 11.5 Å². The largest absolute Gasteiger partial charge is 0.493 e. The van der Waals surface area contributed by atoms with E-state index >= 15 is 0 Å². The Hall–Kier alpha value is -3.42.